The zero-order valence-corrected chi connectivity index (χ0v) is 13.6. The second-order valence-corrected chi connectivity index (χ2v) is 7.07. The van der Waals surface area contributed by atoms with Crippen LogP contribution in [0.1, 0.15) is 42.7 Å². The third-order valence-corrected chi connectivity index (χ3v) is 5.83. The number of nitrogens with two attached hydrogens (primary N) is 1. The smallest absolute Gasteiger partial charge is 0.273 e. The number of rotatable bonds is 4. The Hall–Kier alpha value is -0.980. The number of hydrogen-bond donors (Lipinski definition) is 1. The number of ether oxygens (including phenoxy) is 1. The number of aromatic nitrogens is 1. The molecule has 1 fully saturated rings. The monoisotopic (exact) mass is 297 g/mol. The molecule has 0 spiro atoms. The predicted molar refractivity (Wildman–Crippen MR) is 79.7 cm³/mol. The van der Waals surface area contributed by atoms with Crippen molar-refractivity contribution in [1.82, 2.24) is 9.88 Å². The highest BCUT2D eigenvalue weighted by Gasteiger charge is 2.59. The normalized spacial score (nSPS) is 28.0. The number of hydrogen-bond acceptors (Lipinski definition) is 5. The zero-order chi connectivity index (χ0) is 15.1. The molecule has 0 aliphatic heterocycles. The molecule has 0 bridgehead atoms. The van der Waals surface area contributed by atoms with E-state index in [1.54, 1.807) is 17.4 Å². The minimum Gasteiger partial charge on any atom is -0.378 e. The molecule has 0 radical (unpaired) electrons. The molecule has 2 N–H and O–H groups in total. The second kappa shape index (κ2) is 5.09. The summed E-state index contributed by atoms with van der Waals surface area (Å²) in [5, 5.41) is 2.57. The van der Waals surface area contributed by atoms with Crippen molar-refractivity contribution in [2.75, 3.05) is 14.2 Å². The molecule has 112 valence electrons. The quantitative estimate of drug-likeness (QED) is 0.921. The van der Waals surface area contributed by atoms with Crippen LogP contribution in [0, 0.1) is 5.41 Å². The molecule has 0 aromatic carbocycles. The molecule has 1 aliphatic rings. The molecule has 1 saturated carbocycles. The zero-order valence-electron chi connectivity index (χ0n) is 12.8. The minimum atomic E-state index is -0.184. The van der Waals surface area contributed by atoms with Gasteiger partial charge in [0.25, 0.3) is 5.91 Å². The van der Waals surface area contributed by atoms with Crippen molar-refractivity contribution in [1.29, 1.82) is 0 Å². The Morgan fingerprint density at radius 3 is 2.70 bits per heavy atom. The van der Waals surface area contributed by atoms with Crippen LogP contribution in [0.4, 0.5) is 0 Å². The first kappa shape index (κ1) is 15.4. The lowest BCUT2D eigenvalue weighted by Gasteiger charge is -2.61. The van der Waals surface area contributed by atoms with E-state index in [2.05, 4.69) is 25.8 Å². The molecule has 6 heteroatoms. The van der Waals surface area contributed by atoms with Crippen molar-refractivity contribution < 1.29 is 9.53 Å². The van der Waals surface area contributed by atoms with Gasteiger partial charge >= 0.3 is 0 Å². The molecule has 1 aromatic heterocycles. The largest absolute Gasteiger partial charge is 0.378 e. The molecule has 1 aromatic rings. The lowest BCUT2D eigenvalue weighted by atomic mass is 9.55. The highest BCUT2D eigenvalue weighted by atomic mass is 32.1. The van der Waals surface area contributed by atoms with Crippen molar-refractivity contribution in [3.05, 3.63) is 16.1 Å². The first-order valence-corrected chi connectivity index (χ1v) is 7.61. The van der Waals surface area contributed by atoms with Crippen molar-refractivity contribution in [2.24, 2.45) is 11.1 Å². The third kappa shape index (κ3) is 2.16. The number of amides is 1. The van der Waals surface area contributed by atoms with E-state index in [-0.39, 0.29) is 23.0 Å². The maximum Gasteiger partial charge on any atom is 0.273 e. The summed E-state index contributed by atoms with van der Waals surface area (Å²) in [6.07, 6.45) is 0.840. The van der Waals surface area contributed by atoms with Crippen LogP contribution in [-0.2, 0) is 11.3 Å². The van der Waals surface area contributed by atoms with Gasteiger partial charge in [0, 0.05) is 37.5 Å². The molecule has 0 saturated heterocycles. The van der Waals surface area contributed by atoms with Crippen LogP contribution in [0.25, 0.3) is 0 Å². The highest BCUT2D eigenvalue weighted by molar-refractivity contribution is 7.09. The summed E-state index contributed by atoms with van der Waals surface area (Å²) < 4.78 is 5.61. The predicted octanol–water partition coefficient (Wildman–Crippen LogP) is 1.88. The molecular weight excluding hydrogens is 274 g/mol. The Labute approximate surface area is 124 Å². The van der Waals surface area contributed by atoms with Gasteiger partial charge in [0.15, 0.2) is 0 Å². The Kier molecular flexibility index (Phi) is 3.92. The standard InChI is InChI=1S/C14H23N3O2S/c1-13(2)10(6-14(13,3)19-5)17(4)12(18)9-8-20-11(7-15)16-9/h8,10H,6-7,15H2,1-5H3/t10-,14+/m0/s1. The van der Waals surface area contributed by atoms with Crippen molar-refractivity contribution in [3.8, 4) is 0 Å². The van der Waals surface area contributed by atoms with Gasteiger partial charge in [-0.25, -0.2) is 4.98 Å². The fourth-order valence-electron chi connectivity index (χ4n) is 2.90. The van der Waals surface area contributed by atoms with Gasteiger partial charge in [0.1, 0.15) is 10.7 Å². The van der Waals surface area contributed by atoms with Gasteiger partial charge < -0.3 is 15.4 Å². The fourth-order valence-corrected chi connectivity index (χ4v) is 3.55. The van der Waals surface area contributed by atoms with E-state index in [0.717, 1.165) is 11.4 Å². The summed E-state index contributed by atoms with van der Waals surface area (Å²) in [4.78, 5) is 18.5. The van der Waals surface area contributed by atoms with E-state index in [9.17, 15) is 4.79 Å². The summed E-state index contributed by atoms with van der Waals surface area (Å²) in [5.74, 6) is -0.0443. The van der Waals surface area contributed by atoms with E-state index in [0.29, 0.717) is 12.2 Å². The molecule has 1 aliphatic carbocycles. The Morgan fingerprint density at radius 2 is 2.25 bits per heavy atom. The van der Waals surface area contributed by atoms with Crippen LogP contribution in [0.3, 0.4) is 0 Å². The van der Waals surface area contributed by atoms with Gasteiger partial charge in [-0.3, -0.25) is 4.79 Å². The molecule has 2 atom stereocenters. The average molecular weight is 297 g/mol. The third-order valence-electron chi connectivity index (χ3n) is 4.96. The molecule has 0 unspecified atom stereocenters. The topological polar surface area (TPSA) is 68.5 Å². The van der Waals surface area contributed by atoms with Gasteiger partial charge in [0.2, 0.25) is 0 Å². The molecule has 1 amide bonds. The maximum absolute atomic E-state index is 12.5. The van der Waals surface area contributed by atoms with Gasteiger partial charge in [-0.1, -0.05) is 13.8 Å². The first-order chi connectivity index (χ1) is 9.26. The van der Waals surface area contributed by atoms with Crippen LogP contribution < -0.4 is 5.73 Å². The Morgan fingerprint density at radius 1 is 1.60 bits per heavy atom. The number of methoxy groups -OCH3 is 1. The summed E-state index contributed by atoms with van der Waals surface area (Å²) >= 11 is 1.43. The summed E-state index contributed by atoms with van der Waals surface area (Å²) in [6, 6.07) is 0.156. The first-order valence-electron chi connectivity index (χ1n) is 6.73. The Bertz CT molecular complexity index is 514. The highest BCUT2D eigenvalue weighted by Crippen LogP contribution is 2.53. The van der Waals surface area contributed by atoms with Gasteiger partial charge in [-0.15, -0.1) is 11.3 Å². The Balaban J connectivity index is 2.13. The van der Waals surface area contributed by atoms with E-state index >= 15 is 0 Å². The molecule has 2 rings (SSSR count). The lowest BCUT2D eigenvalue weighted by molar-refractivity contribution is -0.198. The van der Waals surface area contributed by atoms with Crippen molar-refractivity contribution in [3.63, 3.8) is 0 Å². The fraction of sp³-hybridized carbons (Fsp3) is 0.714. The van der Waals surface area contributed by atoms with Gasteiger partial charge in [0.05, 0.1) is 5.60 Å². The maximum atomic E-state index is 12.5. The van der Waals surface area contributed by atoms with E-state index < -0.39 is 0 Å². The van der Waals surface area contributed by atoms with Crippen LogP contribution in [0.15, 0.2) is 5.38 Å². The lowest BCUT2D eigenvalue weighted by Crippen LogP contribution is -2.68. The van der Waals surface area contributed by atoms with E-state index in [1.165, 1.54) is 11.3 Å². The molecular formula is C14H23N3O2S. The second-order valence-electron chi connectivity index (χ2n) is 6.12. The van der Waals surface area contributed by atoms with E-state index in [1.807, 2.05) is 7.05 Å². The minimum absolute atomic E-state index is 0.0443. The molecule has 20 heavy (non-hydrogen) atoms. The van der Waals surface area contributed by atoms with Crippen molar-refractivity contribution in [2.45, 2.75) is 45.4 Å². The number of thiazole rings is 1. The van der Waals surface area contributed by atoms with Crippen molar-refractivity contribution >= 4 is 17.2 Å². The molecule has 5 nitrogen and oxygen atoms in total. The number of carbonyl (C=O) groups is 1. The van der Waals surface area contributed by atoms with E-state index in [4.69, 9.17) is 10.5 Å². The van der Waals surface area contributed by atoms with Crippen LogP contribution >= 0.6 is 11.3 Å². The van der Waals surface area contributed by atoms with Gasteiger partial charge in [-0.2, -0.15) is 0 Å². The summed E-state index contributed by atoms with van der Waals surface area (Å²) in [6.45, 7) is 6.75. The van der Waals surface area contributed by atoms with Crippen LogP contribution in [-0.4, -0.2) is 41.6 Å². The van der Waals surface area contributed by atoms with Crippen LogP contribution in [0.2, 0.25) is 0 Å². The summed E-state index contributed by atoms with van der Waals surface area (Å²) in [7, 11) is 3.57. The molecule has 1 heterocycles. The van der Waals surface area contributed by atoms with Crippen LogP contribution in [0.5, 0.6) is 0 Å². The number of nitrogens with zero attached hydrogens (tertiary/aromatic N) is 2. The summed E-state index contributed by atoms with van der Waals surface area (Å²) in [5.41, 5.74) is 5.76. The average Bonchev–Trinajstić information content (AvgIpc) is 2.91. The number of carbonyl (C=O) groups excluding carboxylic acids is 1. The SMILES string of the molecule is CO[C@]1(C)C[C@H](N(C)C(=O)c2csc(CN)n2)C1(C)C. The van der Waals surface area contributed by atoms with Gasteiger partial charge in [-0.05, 0) is 13.3 Å².